The fourth-order valence-electron chi connectivity index (χ4n) is 3.86. The van der Waals surface area contributed by atoms with E-state index in [2.05, 4.69) is 5.32 Å². The molecule has 1 fully saturated rings. The largest absolute Gasteiger partial charge is 0.494 e. The van der Waals surface area contributed by atoms with Crippen LogP contribution in [0, 0.1) is 5.92 Å². The van der Waals surface area contributed by atoms with Crippen LogP contribution in [-0.2, 0) is 21.9 Å². The van der Waals surface area contributed by atoms with E-state index in [1.165, 1.54) is 21.1 Å². The van der Waals surface area contributed by atoms with Crippen LogP contribution in [0.15, 0.2) is 41.4 Å². The Kier molecular flexibility index (Phi) is 7.25. The lowest BCUT2D eigenvalue weighted by Gasteiger charge is -2.31. The molecule has 32 heavy (non-hydrogen) atoms. The van der Waals surface area contributed by atoms with Gasteiger partial charge in [0.1, 0.15) is 16.3 Å². The van der Waals surface area contributed by atoms with Crippen LogP contribution in [0.3, 0.4) is 0 Å². The number of sulfonamides is 1. The number of carbonyl (C=O) groups is 2. The number of rotatable bonds is 8. The molecule has 0 spiro atoms. The summed E-state index contributed by atoms with van der Waals surface area (Å²) < 4.78 is 34.1. The van der Waals surface area contributed by atoms with E-state index in [9.17, 15) is 18.0 Å². The van der Waals surface area contributed by atoms with Crippen LogP contribution in [0.25, 0.3) is 0 Å². The molecular weight excluding hydrogens is 432 g/mol. The van der Waals surface area contributed by atoms with E-state index in [4.69, 9.17) is 10.5 Å². The summed E-state index contributed by atoms with van der Waals surface area (Å²) >= 11 is 0. The summed E-state index contributed by atoms with van der Waals surface area (Å²) in [6, 6.07) is 8.71. The van der Waals surface area contributed by atoms with Crippen molar-refractivity contribution in [1.29, 1.82) is 0 Å². The fourth-order valence-corrected chi connectivity index (χ4v) is 5.40. The number of nitrogens with one attached hydrogen (secondary N) is 1. The first-order valence-corrected chi connectivity index (χ1v) is 12.1. The first kappa shape index (κ1) is 23.8. The molecule has 1 atom stereocenters. The smallest absolute Gasteiger partial charge is 0.265 e. The predicted octanol–water partition coefficient (Wildman–Crippen LogP) is 1.80. The number of primary amides is 1. The second-order valence-electron chi connectivity index (χ2n) is 7.95. The molecule has 0 bridgehead atoms. The third kappa shape index (κ3) is 5.13. The summed E-state index contributed by atoms with van der Waals surface area (Å²) in [5.41, 5.74) is 6.38. The minimum absolute atomic E-state index is 0.0285. The van der Waals surface area contributed by atoms with E-state index in [0.29, 0.717) is 19.4 Å². The van der Waals surface area contributed by atoms with Gasteiger partial charge in [-0.15, -0.1) is 0 Å². The lowest BCUT2D eigenvalue weighted by Crippen LogP contribution is -2.43. The summed E-state index contributed by atoms with van der Waals surface area (Å²) in [6.45, 7) is 4.90. The van der Waals surface area contributed by atoms with Crippen LogP contribution in [0.4, 0.5) is 0 Å². The topological polar surface area (TPSA) is 124 Å². The predicted molar refractivity (Wildman–Crippen MR) is 120 cm³/mol. The Labute approximate surface area is 188 Å². The Hall–Kier alpha value is -2.85. The number of amides is 2. The van der Waals surface area contributed by atoms with Crippen LogP contribution in [0.2, 0.25) is 0 Å². The number of piperidine rings is 1. The molecule has 3 rings (SSSR count). The number of aryl methyl sites for hydroxylation is 1. The molecule has 3 N–H and O–H groups in total. The molecule has 9 nitrogen and oxygen atoms in total. The van der Waals surface area contributed by atoms with E-state index in [1.807, 2.05) is 38.1 Å². The van der Waals surface area contributed by atoms with Crippen molar-refractivity contribution in [2.24, 2.45) is 18.7 Å². The highest BCUT2D eigenvalue weighted by molar-refractivity contribution is 7.89. The van der Waals surface area contributed by atoms with E-state index < -0.39 is 15.9 Å². The van der Waals surface area contributed by atoms with Gasteiger partial charge in [0.25, 0.3) is 5.91 Å². The number of nitrogens with two attached hydrogens (primary N) is 1. The SMILES string of the molecule is CCOc1ccc(C(C)NC(=O)C2CCN(S(=O)(=O)c3cc(C(N)=O)n(C)c3)CC2)cc1. The quantitative estimate of drug-likeness (QED) is 0.619. The van der Waals surface area contributed by atoms with Crippen molar-refractivity contribution >= 4 is 21.8 Å². The first-order valence-electron chi connectivity index (χ1n) is 10.6. The number of ether oxygens (including phenoxy) is 1. The molecule has 2 amide bonds. The maximum Gasteiger partial charge on any atom is 0.265 e. The Bertz CT molecular complexity index is 1070. The molecule has 0 aliphatic carbocycles. The molecular formula is C22H30N4O5S. The van der Waals surface area contributed by atoms with Crippen LogP contribution in [0.5, 0.6) is 5.75 Å². The summed E-state index contributed by atoms with van der Waals surface area (Å²) in [4.78, 5) is 24.2. The molecule has 0 radical (unpaired) electrons. The van der Waals surface area contributed by atoms with Crippen molar-refractivity contribution in [2.45, 2.75) is 37.6 Å². The van der Waals surface area contributed by atoms with Gasteiger partial charge >= 0.3 is 0 Å². The molecule has 1 aromatic heterocycles. The summed E-state index contributed by atoms with van der Waals surface area (Å²) in [7, 11) is -2.19. The Balaban J connectivity index is 1.58. The number of aromatic nitrogens is 1. The molecule has 10 heteroatoms. The maximum absolute atomic E-state index is 12.9. The molecule has 1 aromatic carbocycles. The average Bonchev–Trinajstić information content (AvgIpc) is 3.17. The standard InChI is InChI=1S/C22H30N4O5S/c1-4-31-18-7-5-16(6-8-18)15(2)24-22(28)17-9-11-26(12-10-17)32(29,30)19-13-20(21(23)27)25(3)14-19/h5-8,13-15,17H,4,9-12H2,1-3H3,(H2,23,27)(H,24,28). The van der Waals surface area contributed by atoms with Gasteiger partial charge in [-0.25, -0.2) is 8.42 Å². The minimum atomic E-state index is -3.76. The van der Waals surface area contributed by atoms with Crippen LogP contribution >= 0.6 is 0 Å². The summed E-state index contributed by atoms with van der Waals surface area (Å²) in [6.07, 6.45) is 2.24. The van der Waals surface area contributed by atoms with Gasteiger partial charge in [-0.05, 0) is 50.5 Å². The lowest BCUT2D eigenvalue weighted by atomic mass is 9.96. The molecule has 0 saturated carbocycles. The number of hydrogen-bond donors (Lipinski definition) is 2. The van der Waals surface area contributed by atoms with Crippen molar-refractivity contribution < 1.29 is 22.7 Å². The van der Waals surface area contributed by atoms with Crippen molar-refractivity contribution in [2.75, 3.05) is 19.7 Å². The normalized spacial score (nSPS) is 16.5. The fraction of sp³-hybridized carbons (Fsp3) is 0.455. The number of hydrogen-bond acceptors (Lipinski definition) is 5. The second kappa shape index (κ2) is 9.74. The Morgan fingerprint density at radius 2 is 1.84 bits per heavy atom. The van der Waals surface area contributed by atoms with Crippen molar-refractivity contribution in [3.05, 3.63) is 47.8 Å². The molecule has 1 unspecified atom stereocenters. The van der Waals surface area contributed by atoms with Gasteiger partial charge < -0.3 is 20.4 Å². The van der Waals surface area contributed by atoms with Crippen LogP contribution in [0.1, 0.15) is 48.8 Å². The maximum atomic E-state index is 12.9. The average molecular weight is 463 g/mol. The Morgan fingerprint density at radius 1 is 1.22 bits per heavy atom. The third-order valence-electron chi connectivity index (χ3n) is 5.74. The lowest BCUT2D eigenvalue weighted by molar-refractivity contribution is -0.126. The monoisotopic (exact) mass is 462 g/mol. The van der Waals surface area contributed by atoms with E-state index in [0.717, 1.165) is 11.3 Å². The zero-order chi connectivity index (χ0) is 23.5. The molecule has 2 aromatic rings. The summed E-state index contributed by atoms with van der Waals surface area (Å²) in [5, 5.41) is 3.02. The highest BCUT2D eigenvalue weighted by Crippen LogP contribution is 2.26. The highest BCUT2D eigenvalue weighted by atomic mass is 32.2. The van der Waals surface area contributed by atoms with Gasteiger partial charge in [0.15, 0.2) is 0 Å². The van der Waals surface area contributed by atoms with Gasteiger partial charge in [-0.3, -0.25) is 9.59 Å². The summed E-state index contributed by atoms with van der Waals surface area (Å²) in [5.74, 6) is -0.251. The van der Waals surface area contributed by atoms with Crippen molar-refractivity contribution in [1.82, 2.24) is 14.2 Å². The Morgan fingerprint density at radius 3 is 2.38 bits per heavy atom. The zero-order valence-corrected chi connectivity index (χ0v) is 19.4. The van der Waals surface area contributed by atoms with Gasteiger partial charge in [-0.2, -0.15) is 4.31 Å². The zero-order valence-electron chi connectivity index (χ0n) is 18.6. The van der Waals surface area contributed by atoms with Crippen molar-refractivity contribution in [3.63, 3.8) is 0 Å². The first-order chi connectivity index (χ1) is 15.1. The minimum Gasteiger partial charge on any atom is -0.494 e. The van der Waals surface area contributed by atoms with E-state index in [-0.39, 0.29) is 41.5 Å². The highest BCUT2D eigenvalue weighted by Gasteiger charge is 2.33. The van der Waals surface area contributed by atoms with Crippen molar-refractivity contribution in [3.8, 4) is 5.75 Å². The van der Waals surface area contributed by atoms with Gasteiger partial charge in [0, 0.05) is 32.3 Å². The number of benzene rings is 1. The van der Waals surface area contributed by atoms with E-state index in [1.54, 1.807) is 7.05 Å². The third-order valence-corrected chi connectivity index (χ3v) is 7.61. The molecule has 1 aliphatic rings. The molecule has 174 valence electrons. The second-order valence-corrected chi connectivity index (χ2v) is 9.88. The molecule has 2 heterocycles. The number of nitrogens with zero attached hydrogens (tertiary/aromatic N) is 2. The number of carbonyl (C=O) groups excluding carboxylic acids is 2. The van der Waals surface area contributed by atoms with Gasteiger partial charge in [0.05, 0.1) is 12.6 Å². The van der Waals surface area contributed by atoms with E-state index >= 15 is 0 Å². The van der Waals surface area contributed by atoms with Gasteiger partial charge in [-0.1, -0.05) is 12.1 Å². The molecule has 1 aliphatic heterocycles. The van der Waals surface area contributed by atoms with Crippen LogP contribution < -0.4 is 15.8 Å². The van der Waals surface area contributed by atoms with Crippen LogP contribution in [-0.4, -0.2) is 48.8 Å². The molecule has 1 saturated heterocycles. The van der Waals surface area contributed by atoms with Gasteiger partial charge in [0.2, 0.25) is 15.9 Å².